The first kappa shape index (κ1) is 15.4. The molecule has 1 aliphatic heterocycles. The van der Waals surface area contributed by atoms with Gasteiger partial charge in [0.1, 0.15) is 0 Å². The second kappa shape index (κ2) is 6.75. The molecule has 0 spiro atoms. The highest BCUT2D eigenvalue weighted by Crippen LogP contribution is 2.28. The van der Waals surface area contributed by atoms with E-state index >= 15 is 0 Å². The van der Waals surface area contributed by atoms with Crippen LogP contribution in [0.1, 0.15) is 37.7 Å². The zero-order valence-corrected chi connectivity index (χ0v) is 13.2. The molecule has 1 aliphatic carbocycles. The lowest BCUT2D eigenvalue weighted by Gasteiger charge is -2.41. The van der Waals surface area contributed by atoms with Gasteiger partial charge in [0.2, 0.25) is 5.91 Å². The van der Waals surface area contributed by atoms with Crippen LogP contribution in [0.25, 0.3) is 0 Å². The number of nitrogens with zero attached hydrogens (tertiary/aromatic N) is 3. The summed E-state index contributed by atoms with van der Waals surface area (Å²) in [5.74, 6) is 0.174. The zero-order valence-electron chi connectivity index (χ0n) is 13.2. The third-order valence-electron chi connectivity index (χ3n) is 4.96. The van der Waals surface area contributed by atoms with E-state index in [-0.39, 0.29) is 5.91 Å². The molecule has 22 heavy (non-hydrogen) atoms. The Bertz CT molecular complexity index is 491. The normalized spacial score (nSPS) is 22.5. The fourth-order valence-corrected chi connectivity index (χ4v) is 3.57. The molecule has 1 aromatic rings. The molecule has 0 radical (unpaired) electrons. The summed E-state index contributed by atoms with van der Waals surface area (Å²) >= 11 is 0. The Morgan fingerprint density at radius 1 is 1.18 bits per heavy atom. The predicted molar refractivity (Wildman–Crippen MR) is 86.1 cm³/mol. The van der Waals surface area contributed by atoms with E-state index in [0.29, 0.717) is 0 Å². The van der Waals surface area contributed by atoms with Crippen molar-refractivity contribution < 1.29 is 4.79 Å². The van der Waals surface area contributed by atoms with Gasteiger partial charge in [-0.25, -0.2) is 0 Å². The van der Waals surface area contributed by atoms with Crippen molar-refractivity contribution in [3.63, 3.8) is 0 Å². The first-order valence-corrected chi connectivity index (χ1v) is 8.37. The van der Waals surface area contributed by atoms with Gasteiger partial charge in [0, 0.05) is 45.1 Å². The molecule has 5 heteroatoms. The Labute approximate surface area is 132 Å². The molecule has 120 valence electrons. The molecule has 2 aliphatic rings. The standard InChI is InChI=1S/C17H26N4O/c18-17(6-2-1-3-7-17)16(22)21-11-9-20(10-12-21)14-15-5-4-8-19-13-15/h4-5,8,13H,1-3,6-7,9-12,14,18H2. The summed E-state index contributed by atoms with van der Waals surface area (Å²) < 4.78 is 0. The summed E-state index contributed by atoms with van der Waals surface area (Å²) in [4.78, 5) is 21.2. The maximum absolute atomic E-state index is 12.7. The van der Waals surface area contributed by atoms with Gasteiger partial charge < -0.3 is 10.6 Å². The number of carbonyl (C=O) groups excluding carboxylic acids is 1. The highest BCUT2D eigenvalue weighted by molar-refractivity contribution is 5.86. The van der Waals surface area contributed by atoms with Gasteiger partial charge in [-0.05, 0) is 24.5 Å². The first-order chi connectivity index (χ1) is 10.7. The van der Waals surface area contributed by atoms with Crippen LogP contribution in [0.5, 0.6) is 0 Å². The van der Waals surface area contributed by atoms with Crippen LogP contribution in [0.2, 0.25) is 0 Å². The second-order valence-corrected chi connectivity index (χ2v) is 6.65. The van der Waals surface area contributed by atoms with Crippen molar-refractivity contribution in [3.8, 4) is 0 Å². The second-order valence-electron chi connectivity index (χ2n) is 6.65. The van der Waals surface area contributed by atoms with Crippen molar-refractivity contribution in [2.24, 2.45) is 5.73 Å². The van der Waals surface area contributed by atoms with Gasteiger partial charge in [0.05, 0.1) is 5.54 Å². The van der Waals surface area contributed by atoms with Crippen molar-refractivity contribution in [3.05, 3.63) is 30.1 Å². The molecular weight excluding hydrogens is 276 g/mol. The minimum Gasteiger partial charge on any atom is -0.339 e. The fraction of sp³-hybridized carbons (Fsp3) is 0.647. The van der Waals surface area contributed by atoms with Gasteiger partial charge in [-0.3, -0.25) is 14.7 Å². The van der Waals surface area contributed by atoms with Crippen LogP contribution in [0.15, 0.2) is 24.5 Å². The smallest absolute Gasteiger partial charge is 0.242 e. The van der Waals surface area contributed by atoms with E-state index in [0.717, 1.165) is 58.4 Å². The highest BCUT2D eigenvalue weighted by Gasteiger charge is 2.39. The quantitative estimate of drug-likeness (QED) is 0.916. The van der Waals surface area contributed by atoms with Crippen LogP contribution < -0.4 is 5.73 Å². The highest BCUT2D eigenvalue weighted by atomic mass is 16.2. The number of amides is 1. The number of hydrogen-bond acceptors (Lipinski definition) is 4. The number of carbonyl (C=O) groups is 1. The van der Waals surface area contributed by atoms with E-state index in [4.69, 9.17) is 5.73 Å². The zero-order chi connectivity index (χ0) is 15.4. The average molecular weight is 302 g/mol. The van der Waals surface area contributed by atoms with Gasteiger partial charge >= 0.3 is 0 Å². The van der Waals surface area contributed by atoms with Crippen LogP contribution in [-0.2, 0) is 11.3 Å². The van der Waals surface area contributed by atoms with E-state index in [9.17, 15) is 4.79 Å². The molecular formula is C17H26N4O. The monoisotopic (exact) mass is 302 g/mol. The van der Waals surface area contributed by atoms with Crippen molar-refractivity contribution in [1.82, 2.24) is 14.8 Å². The molecule has 0 bridgehead atoms. The predicted octanol–water partition coefficient (Wildman–Crippen LogP) is 1.39. The molecule has 3 rings (SSSR count). The third kappa shape index (κ3) is 3.47. The molecule has 0 atom stereocenters. The van der Waals surface area contributed by atoms with E-state index in [1.807, 2.05) is 17.2 Å². The van der Waals surface area contributed by atoms with Crippen molar-refractivity contribution in [1.29, 1.82) is 0 Å². The Morgan fingerprint density at radius 3 is 2.55 bits per heavy atom. The van der Waals surface area contributed by atoms with Crippen LogP contribution in [0.3, 0.4) is 0 Å². The lowest BCUT2D eigenvalue weighted by molar-refractivity contribution is -0.140. The fourth-order valence-electron chi connectivity index (χ4n) is 3.57. The first-order valence-electron chi connectivity index (χ1n) is 8.37. The molecule has 2 fully saturated rings. The van der Waals surface area contributed by atoms with Gasteiger partial charge in [0.15, 0.2) is 0 Å². The molecule has 0 unspecified atom stereocenters. The Morgan fingerprint density at radius 2 is 1.91 bits per heavy atom. The summed E-state index contributed by atoms with van der Waals surface area (Å²) in [5, 5.41) is 0. The third-order valence-corrected chi connectivity index (χ3v) is 4.96. The molecule has 2 N–H and O–H groups in total. The molecule has 1 amide bonds. The number of nitrogens with two attached hydrogens (primary N) is 1. The molecule has 1 aromatic heterocycles. The van der Waals surface area contributed by atoms with E-state index in [1.54, 1.807) is 6.20 Å². The van der Waals surface area contributed by atoms with Crippen LogP contribution in [0, 0.1) is 0 Å². The maximum Gasteiger partial charge on any atom is 0.242 e. The van der Waals surface area contributed by atoms with Gasteiger partial charge in [-0.2, -0.15) is 0 Å². The number of rotatable bonds is 3. The van der Waals surface area contributed by atoms with E-state index in [1.165, 1.54) is 12.0 Å². The summed E-state index contributed by atoms with van der Waals surface area (Å²) in [6, 6.07) is 4.07. The Hall–Kier alpha value is -1.46. The topological polar surface area (TPSA) is 62.5 Å². The molecule has 1 saturated carbocycles. The van der Waals surface area contributed by atoms with Crippen LogP contribution in [0.4, 0.5) is 0 Å². The summed E-state index contributed by atoms with van der Waals surface area (Å²) in [5.41, 5.74) is 7.01. The molecule has 1 saturated heterocycles. The van der Waals surface area contributed by atoms with Gasteiger partial charge in [-0.15, -0.1) is 0 Å². The van der Waals surface area contributed by atoms with Crippen LogP contribution >= 0.6 is 0 Å². The SMILES string of the molecule is NC1(C(=O)N2CCN(Cc3cccnc3)CC2)CCCCC1. The number of pyridine rings is 1. The van der Waals surface area contributed by atoms with E-state index < -0.39 is 5.54 Å². The minimum absolute atomic E-state index is 0.174. The number of hydrogen-bond donors (Lipinski definition) is 1. The average Bonchev–Trinajstić information content (AvgIpc) is 2.56. The maximum atomic E-state index is 12.7. The van der Waals surface area contributed by atoms with Crippen molar-refractivity contribution in [2.45, 2.75) is 44.2 Å². The molecule has 5 nitrogen and oxygen atoms in total. The summed E-state index contributed by atoms with van der Waals surface area (Å²) in [7, 11) is 0. The number of piperazine rings is 1. The van der Waals surface area contributed by atoms with Crippen molar-refractivity contribution >= 4 is 5.91 Å². The minimum atomic E-state index is -0.593. The Kier molecular flexibility index (Phi) is 4.74. The molecule has 0 aromatic carbocycles. The molecule has 2 heterocycles. The largest absolute Gasteiger partial charge is 0.339 e. The van der Waals surface area contributed by atoms with Gasteiger partial charge in [-0.1, -0.05) is 25.3 Å². The lowest BCUT2D eigenvalue weighted by Crippen LogP contribution is -2.60. The summed E-state index contributed by atoms with van der Waals surface area (Å²) in [6.45, 7) is 4.31. The van der Waals surface area contributed by atoms with Crippen molar-refractivity contribution in [2.75, 3.05) is 26.2 Å². The lowest BCUT2D eigenvalue weighted by atomic mass is 9.81. The van der Waals surface area contributed by atoms with Gasteiger partial charge in [0.25, 0.3) is 0 Å². The number of aromatic nitrogens is 1. The van der Waals surface area contributed by atoms with E-state index in [2.05, 4.69) is 16.0 Å². The summed E-state index contributed by atoms with van der Waals surface area (Å²) in [6.07, 6.45) is 8.79. The van der Waals surface area contributed by atoms with Crippen LogP contribution in [-0.4, -0.2) is 52.4 Å². The Balaban J connectivity index is 1.52.